The fourth-order valence-corrected chi connectivity index (χ4v) is 5.95. The van der Waals surface area contributed by atoms with Crippen LogP contribution in [0, 0.1) is 13.8 Å². The average Bonchev–Trinajstić information content (AvgIpc) is 3.51. The summed E-state index contributed by atoms with van der Waals surface area (Å²) in [5.74, 6) is 0.538. The van der Waals surface area contributed by atoms with Crippen molar-refractivity contribution in [1.82, 2.24) is 20.1 Å². The number of hydrogen-bond donors (Lipinski definition) is 1. The summed E-state index contributed by atoms with van der Waals surface area (Å²) in [5, 5.41) is 8.17. The van der Waals surface area contributed by atoms with Crippen LogP contribution in [0.4, 0.5) is 0 Å². The number of hydrogen-bond acceptors (Lipinski definition) is 6. The van der Waals surface area contributed by atoms with Gasteiger partial charge in [-0.25, -0.2) is 18.1 Å². The van der Waals surface area contributed by atoms with Crippen molar-refractivity contribution in [2.75, 3.05) is 11.5 Å². The van der Waals surface area contributed by atoms with E-state index in [4.69, 9.17) is 9.40 Å². The number of carbonyl (C=O) groups is 1. The number of fused-ring (bicyclic) bond motifs is 1. The number of nitrogens with zero attached hydrogens (tertiary/aromatic N) is 3. The monoisotopic (exact) mass is 464 g/mol. The molecule has 8 nitrogen and oxygen atoms in total. The van der Waals surface area contributed by atoms with Crippen LogP contribution < -0.4 is 5.32 Å². The summed E-state index contributed by atoms with van der Waals surface area (Å²) in [5.41, 5.74) is 4.23. The van der Waals surface area contributed by atoms with Gasteiger partial charge in [-0.05, 0) is 38.5 Å². The molecule has 0 spiro atoms. The number of amides is 1. The van der Waals surface area contributed by atoms with E-state index in [1.807, 2.05) is 38.1 Å². The topological polar surface area (TPSA) is 107 Å². The molecule has 1 amide bonds. The van der Waals surface area contributed by atoms with Crippen molar-refractivity contribution in [1.29, 1.82) is 0 Å². The Hall–Kier alpha value is -3.46. The van der Waals surface area contributed by atoms with Gasteiger partial charge in [0.25, 0.3) is 5.91 Å². The van der Waals surface area contributed by atoms with Gasteiger partial charge in [0.1, 0.15) is 5.76 Å². The van der Waals surface area contributed by atoms with Crippen LogP contribution in [0.25, 0.3) is 22.3 Å². The fraction of sp³-hybridized carbons (Fsp3) is 0.292. The molecule has 0 radical (unpaired) electrons. The highest BCUT2D eigenvalue weighted by Gasteiger charge is 2.32. The van der Waals surface area contributed by atoms with E-state index in [1.165, 1.54) is 0 Å². The van der Waals surface area contributed by atoms with E-state index in [-0.39, 0.29) is 30.0 Å². The van der Waals surface area contributed by atoms with E-state index in [0.29, 0.717) is 40.2 Å². The van der Waals surface area contributed by atoms with E-state index >= 15 is 0 Å². The molecule has 5 rings (SSSR count). The van der Waals surface area contributed by atoms with E-state index in [2.05, 4.69) is 10.4 Å². The molecule has 4 heterocycles. The third kappa shape index (κ3) is 4.16. The molecular weight excluding hydrogens is 440 g/mol. The number of carbonyl (C=O) groups excluding carboxylic acids is 1. The Morgan fingerprint density at radius 1 is 1.21 bits per heavy atom. The van der Waals surface area contributed by atoms with Crippen LogP contribution >= 0.6 is 0 Å². The smallest absolute Gasteiger partial charge is 0.252 e. The second kappa shape index (κ2) is 8.15. The molecule has 0 bridgehead atoms. The summed E-state index contributed by atoms with van der Waals surface area (Å²) in [4.78, 5) is 18.1. The van der Waals surface area contributed by atoms with Crippen LogP contribution in [0.2, 0.25) is 0 Å². The van der Waals surface area contributed by atoms with Crippen molar-refractivity contribution in [2.45, 2.75) is 32.9 Å². The molecule has 1 aliphatic rings. The highest BCUT2D eigenvalue weighted by molar-refractivity contribution is 7.91. The molecule has 1 aliphatic heterocycles. The Kier molecular flexibility index (Phi) is 5.28. The first-order valence-electron chi connectivity index (χ1n) is 10.8. The van der Waals surface area contributed by atoms with E-state index in [0.717, 1.165) is 11.1 Å². The Morgan fingerprint density at radius 3 is 2.67 bits per heavy atom. The lowest BCUT2D eigenvalue weighted by atomic mass is 10.0. The first-order valence-corrected chi connectivity index (χ1v) is 12.6. The van der Waals surface area contributed by atoms with Gasteiger partial charge in [0, 0.05) is 5.56 Å². The number of rotatable bonds is 5. The molecule has 33 heavy (non-hydrogen) atoms. The molecule has 9 heteroatoms. The predicted octanol–water partition coefficient (Wildman–Crippen LogP) is 3.60. The minimum absolute atomic E-state index is 0.0275. The van der Waals surface area contributed by atoms with Crippen molar-refractivity contribution in [3.05, 3.63) is 71.3 Å². The Bertz CT molecular complexity index is 1440. The van der Waals surface area contributed by atoms with Gasteiger partial charge in [-0.2, -0.15) is 5.10 Å². The van der Waals surface area contributed by atoms with Crippen LogP contribution in [0.1, 0.15) is 39.8 Å². The summed E-state index contributed by atoms with van der Waals surface area (Å²) in [6.07, 6.45) is 2.04. The number of benzene rings is 1. The lowest BCUT2D eigenvalue weighted by molar-refractivity contribution is 0.0949. The zero-order valence-corrected chi connectivity index (χ0v) is 19.2. The number of sulfone groups is 1. The highest BCUT2D eigenvalue weighted by atomic mass is 32.2. The van der Waals surface area contributed by atoms with Crippen LogP contribution in [-0.2, 0) is 16.4 Å². The van der Waals surface area contributed by atoms with Gasteiger partial charge in [0.2, 0.25) is 0 Å². The zero-order valence-electron chi connectivity index (χ0n) is 18.4. The molecule has 4 aromatic rings. The summed E-state index contributed by atoms with van der Waals surface area (Å²) in [7, 11) is -3.11. The molecule has 170 valence electrons. The number of nitrogens with one attached hydrogen (secondary N) is 1. The van der Waals surface area contributed by atoms with Gasteiger partial charge in [0.05, 0.1) is 52.7 Å². The van der Waals surface area contributed by atoms with Gasteiger partial charge in [0.15, 0.2) is 15.5 Å². The molecular formula is C24H24N4O4S. The predicted molar refractivity (Wildman–Crippen MR) is 125 cm³/mol. The van der Waals surface area contributed by atoms with Crippen LogP contribution in [-0.4, -0.2) is 40.6 Å². The molecule has 1 aromatic carbocycles. The van der Waals surface area contributed by atoms with Gasteiger partial charge in [-0.3, -0.25) is 4.79 Å². The quantitative estimate of drug-likeness (QED) is 0.484. The maximum Gasteiger partial charge on any atom is 0.252 e. The lowest BCUT2D eigenvalue weighted by Crippen LogP contribution is -2.23. The molecule has 0 aliphatic carbocycles. The highest BCUT2D eigenvalue weighted by Crippen LogP contribution is 2.32. The normalized spacial score (nSPS) is 17.5. The summed E-state index contributed by atoms with van der Waals surface area (Å²) < 4.78 is 31.2. The van der Waals surface area contributed by atoms with Crippen LogP contribution in [0.3, 0.4) is 0 Å². The van der Waals surface area contributed by atoms with Gasteiger partial charge >= 0.3 is 0 Å². The van der Waals surface area contributed by atoms with Gasteiger partial charge in [-0.15, -0.1) is 0 Å². The lowest BCUT2D eigenvalue weighted by Gasteiger charge is -2.12. The van der Waals surface area contributed by atoms with Crippen molar-refractivity contribution in [2.24, 2.45) is 0 Å². The van der Waals surface area contributed by atoms with E-state index in [1.54, 1.807) is 29.1 Å². The first-order chi connectivity index (χ1) is 15.8. The number of aromatic nitrogens is 3. The maximum atomic E-state index is 13.3. The van der Waals surface area contributed by atoms with Crippen LogP contribution in [0.5, 0.6) is 0 Å². The zero-order chi connectivity index (χ0) is 23.2. The third-order valence-corrected chi connectivity index (χ3v) is 7.74. The van der Waals surface area contributed by atoms with Crippen molar-refractivity contribution < 1.29 is 17.6 Å². The minimum Gasteiger partial charge on any atom is -0.467 e. The van der Waals surface area contributed by atoms with E-state index < -0.39 is 9.84 Å². The van der Waals surface area contributed by atoms with Crippen molar-refractivity contribution >= 4 is 26.8 Å². The largest absolute Gasteiger partial charge is 0.467 e. The molecule has 1 saturated heterocycles. The van der Waals surface area contributed by atoms with Crippen molar-refractivity contribution in [3.8, 4) is 11.3 Å². The average molecular weight is 465 g/mol. The molecule has 0 unspecified atom stereocenters. The van der Waals surface area contributed by atoms with E-state index in [9.17, 15) is 13.2 Å². The molecule has 1 N–H and O–H groups in total. The van der Waals surface area contributed by atoms with Crippen molar-refractivity contribution in [3.63, 3.8) is 0 Å². The fourth-order valence-electron chi connectivity index (χ4n) is 4.26. The number of furan rings is 1. The Balaban J connectivity index is 1.63. The first kappa shape index (κ1) is 21.4. The Morgan fingerprint density at radius 2 is 2.00 bits per heavy atom. The maximum absolute atomic E-state index is 13.3. The second-order valence-electron chi connectivity index (χ2n) is 8.47. The van der Waals surface area contributed by atoms with Gasteiger partial charge in [-0.1, -0.05) is 29.8 Å². The summed E-state index contributed by atoms with van der Waals surface area (Å²) in [6.45, 7) is 4.08. The van der Waals surface area contributed by atoms with Gasteiger partial charge < -0.3 is 9.73 Å². The Labute approximate surface area is 191 Å². The molecule has 1 fully saturated rings. The third-order valence-electron chi connectivity index (χ3n) is 5.99. The summed E-state index contributed by atoms with van der Waals surface area (Å²) in [6, 6.07) is 12.9. The second-order valence-corrected chi connectivity index (χ2v) is 10.7. The summed E-state index contributed by atoms with van der Waals surface area (Å²) >= 11 is 0. The van der Waals surface area contributed by atoms with Crippen LogP contribution in [0.15, 0.2) is 53.1 Å². The molecule has 1 atom stereocenters. The molecule has 0 saturated carbocycles. The standard InChI is InChI=1S/C24H24N4O4S/c1-15-5-7-17(8-6-15)21-12-20(24(29)25-13-19-4-3-10-32-19)22-16(2)27-28(23(22)26-21)18-9-11-33(30,31)14-18/h3-8,10,12,18H,9,11,13-14H2,1-2H3,(H,25,29)/t18-/m1/s1. The molecule has 3 aromatic heterocycles. The SMILES string of the molecule is Cc1ccc(-c2cc(C(=O)NCc3ccco3)c3c(C)nn([C@@H]4CCS(=O)(=O)C4)c3n2)cc1. The number of pyridine rings is 1. The number of aryl methyl sites for hydroxylation is 2. The minimum atomic E-state index is -3.11.